The van der Waals surface area contributed by atoms with Crippen LogP contribution in [0, 0.1) is 0 Å². The van der Waals surface area contributed by atoms with Crippen molar-refractivity contribution in [1.82, 2.24) is 14.3 Å². The van der Waals surface area contributed by atoms with E-state index in [4.69, 9.17) is 0 Å². The lowest BCUT2D eigenvalue weighted by Gasteiger charge is -2.06. The molecular formula is C6H9F2N3O. The van der Waals surface area contributed by atoms with Gasteiger partial charge in [0.25, 0.3) is 0 Å². The molecule has 0 aliphatic heterocycles. The van der Waals surface area contributed by atoms with Gasteiger partial charge in [0, 0.05) is 21.0 Å². The first-order chi connectivity index (χ1) is 5.34. The van der Waals surface area contributed by atoms with Crippen LogP contribution in [0.1, 0.15) is 12.7 Å². The highest BCUT2D eigenvalue weighted by Crippen LogP contribution is 2.22. The minimum absolute atomic E-state index is 0.519. The number of nitrogens with zero attached hydrogens (tertiary/aromatic N) is 3. The molecule has 1 rings (SSSR count). The third-order valence-corrected chi connectivity index (χ3v) is 1.52. The van der Waals surface area contributed by atoms with Gasteiger partial charge in [-0.25, -0.2) is 9.48 Å². The van der Waals surface area contributed by atoms with Crippen molar-refractivity contribution in [2.24, 2.45) is 14.1 Å². The highest BCUT2D eigenvalue weighted by molar-refractivity contribution is 4.94. The first-order valence-electron chi connectivity index (χ1n) is 3.32. The number of aromatic nitrogens is 3. The van der Waals surface area contributed by atoms with Gasteiger partial charge in [-0.2, -0.15) is 8.78 Å². The van der Waals surface area contributed by atoms with Crippen LogP contribution in [-0.2, 0) is 20.0 Å². The summed E-state index contributed by atoms with van der Waals surface area (Å²) in [5, 5.41) is 3.40. The van der Waals surface area contributed by atoms with Crippen molar-refractivity contribution in [3.8, 4) is 0 Å². The number of alkyl halides is 2. The van der Waals surface area contributed by atoms with E-state index in [-0.39, 0.29) is 0 Å². The van der Waals surface area contributed by atoms with Crippen LogP contribution in [0.3, 0.4) is 0 Å². The molecular weight excluding hydrogens is 168 g/mol. The van der Waals surface area contributed by atoms with Gasteiger partial charge in [-0.05, 0) is 0 Å². The Kier molecular flexibility index (Phi) is 1.78. The predicted molar refractivity (Wildman–Crippen MR) is 38.0 cm³/mol. The van der Waals surface area contributed by atoms with Crippen molar-refractivity contribution in [1.29, 1.82) is 0 Å². The molecule has 6 heteroatoms. The SMILES string of the molecule is Cn1nc(C(C)(F)F)n(C)c1=O. The lowest BCUT2D eigenvalue weighted by Crippen LogP contribution is -2.22. The monoisotopic (exact) mass is 177 g/mol. The number of halogens is 2. The molecule has 1 heterocycles. The van der Waals surface area contributed by atoms with Crippen LogP contribution in [0.2, 0.25) is 0 Å². The molecule has 0 atom stereocenters. The van der Waals surface area contributed by atoms with Gasteiger partial charge < -0.3 is 0 Å². The molecule has 0 aliphatic carbocycles. The van der Waals surface area contributed by atoms with Crippen LogP contribution in [0.4, 0.5) is 8.78 Å². The molecule has 0 bridgehead atoms. The molecule has 0 aliphatic rings. The maximum atomic E-state index is 12.7. The Morgan fingerprint density at radius 1 is 1.42 bits per heavy atom. The largest absolute Gasteiger partial charge is 0.345 e. The Hall–Kier alpha value is -1.20. The van der Waals surface area contributed by atoms with Gasteiger partial charge in [0.15, 0.2) is 0 Å². The summed E-state index contributed by atoms with van der Waals surface area (Å²) in [5.74, 6) is -3.59. The molecule has 0 aromatic carbocycles. The Bertz CT molecular complexity index is 347. The van der Waals surface area contributed by atoms with Crippen molar-refractivity contribution in [2.45, 2.75) is 12.8 Å². The molecule has 0 fully saturated rings. The Labute approximate surface area is 67.4 Å². The van der Waals surface area contributed by atoms with Crippen molar-refractivity contribution in [3.05, 3.63) is 16.3 Å². The van der Waals surface area contributed by atoms with Crippen molar-refractivity contribution >= 4 is 0 Å². The lowest BCUT2D eigenvalue weighted by molar-refractivity contribution is 0.00412. The number of rotatable bonds is 1. The van der Waals surface area contributed by atoms with Crippen LogP contribution < -0.4 is 5.69 Å². The minimum atomic E-state index is -3.07. The molecule has 0 radical (unpaired) electrons. The molecule has 0 saturated carbocycles. The molecule has 0 unspecified atom stereocenters. The topological polar surface area (TPSA) is 39.8 Å². The van der Waals surface area contributed by atoms with Gasteiger partial charge in [0.05, 0.1) is 0 Å². The summed E-state index contributed by atoms with van der Waals surface area (Å²) < 4.78 is 27.1. The summed E-state index contributed by atoms with van der Waals surface area (Å²) >= 11 is 0. The minimum Gasteiger partial charge on any atom is -0.277 e. The first-order valence-corrected chi connectivity index (χ1v) is 3.32. The van der Waals surface area contributed by atoms with E-state index in [1.807, 2.05) is 0 Å². The molecule has 12 heavy (non-hydrogen) atoms. The van der Waals surface area contributed by atoms with E-state index in [2.05, 4.69) is 5.10 Å². The van der Waals surface area contributed by atoms with Crippen molar-refractivity contribution in [3.63, 3.8) is 0 Å². The van der Waals surface area contributed by atoms with E-state index < -0.39 is 17.4 Å². The second kappa shape index (κ2) is 2.40. The maximum Gasteiger partial charge on any atom is 0.345 e. The second-order valence-corrected chi connectivity index (χ2v) is 2.68. The Morgan fingerprint density at radius 3 is 2.08 bits per heavy atom. The zero-order chi connectivity index (χ0) is 9.52. The number of aryl methyl sites for hydroxylation is 1. The van der Waals surface area contributed by atoms with E-state index in [1.54, 1.807) is 0 Å². The van der Waals surface area contributed by atoms with Crippen LogP contribution in [0.15, 0.2) is 4.79 Å². The van der Waals surface area contributed by atoms with Crippen LogP contribution >= 0.6 is 0 Å². The first kappa shape index (κ1) is 8.89. The lowest BCUT2D eigenvalue weighted by atomic mass is 10.4. The molecule has 0 saturated heterocycles. The van der Waals surface area contributed by atoms with Gasteiger partial charge in [0.2, 0.25) is 5.82 Å². The Balaban J connectivity index is 3.38. The molecule has 0 amide bonds. The zero-order valence-electron chi connectivity index (χ0n) is 7.01. The number of hydrogen-bond acceptors (Lipinski definition) is 2. The fourth-order valence-corrected chi connectivity index (χ4v) is 0.942. The van der Waals surface area contributed by atoms with Gasteiger partial charge >= 0.3 is 11.6 Å². The summed E-state index contributed by atoms with van der Waals surface area (Å²) in [4.78, 5) is 11.0. The average Bonchev–Trinajstić information content (AvgIpc) is 2.15. The molecule has 1 aromatic heterocycles. The van der Waals surface area contributed by atoms with E-state index in [0.29, 0.717) is 6.92 Å². The van der Waals surface area contributed by atoms with E-state index in [9.17, 15) is 13.6 Å². The normalized spacial score (nSPS) is 12.1. The standard InChI is InChI=1S/C6H9F2N3O/c1-6(7,8)4-9-11(3)5(12)10(4)2/h1-3H3. The summed E-state index contributed by atoms with van der Waals surface area (Å²) in [6.07, 6.45) is 0. The third kappa shape index (κ3) is 1.24. The van der Waals surface area contributed by atoms with Crippen molar-refractivity contribution < 1.29 is 8.78 Å². The summed E-state index contributed by atoms with van der Waals surface area (Å²) in [6, 6.07) is 0. The van der Waals surface area contributed by atoms with Gasteiger partial charge in [-0.15, -0.1) is 5.10 Å². The highest BCUT2D eigenvalue weighted by atomic mass is 19.3. The fourth-order valence-electron chi connectivity index (χ4n) is 0.942. The maximum absolute atomic E-state index is 12.7. The highest BCUT2D eigenvalue weighted by Gasteiger charge is 2.31. The summed E-state index contributed by atoms with van der Waals surface area (Å²) in [7, 11) is 2.60. The van der Waals surface area contributed by atoms with Crippen LogP contribution in [0.25, 0.3) is 0 Å². The van der Waals surface area contributed by atoms with Gasteiger partial charge in [-0.3, -0.25) is 4.57 Å². The van der Waals surface area contributed by atoms with E-state index in [1.165, 1.54) is 14.1 Å². The summed E-state index contributed by atoms with van der Waals surface area (Å²) in [5.41, 5.74) is -0.550. The summed E-state index contributed by atoms with van der Waals surface area (Å²) in [6.45, 7) is 0.703. The molecule has 4 nitrogen and oxygen atoms in total. The smallest absolute Gasteiger partial charge is 0.277 e. The van der Waals surface area contributed by atoms with Crippen LogP contribution in [-0.4, -0.2) is 14.3 Å². The van der Waals surface area contributed by atoms with E-state index >= 15 is 0 Å². The predicted octanol–water partition coefficient (Wildman–Crippen LogP) is 0.231. The quantitative estimate of drug-likeness (QED) is 0.616. The molecule has 1 aromatic rings. The molecule has 0 N–H and O–H groups in total. The van der Waals surface area contributed by atoms with Crippen molar-refractivity contribution in [2.75, 3.05) is 0 Å². The van der Waals surface area contributed by atoms with E-state index in [0.717, 1.165) is 9.25 Å². The number of hydrogen-bond donors (Lipinski definition) is 0. The second-order valence-electron chi connectivity index (χ2n) is 2.68. The third-order valence-electron chi connectivity index (χ3n) is 1.52. The zero-order valence-corrected chi connectivity index (χ0v) is 7.01. The average molecular weight is 177 g/mol. The molecule has 0 spiro atoms. The van der Waals surface area contributed by atoms with Crippen LogP contribution in [0.5, 0.6) is 0 Å². The van der Waals surface area contributed by atoms with Gasteiger partial charge in [0.1, 0.15) is 0 Å². The Morgan fingerprint density at radius 2 is 1.92 bits per heavy atom. The molecule has 68 valence electrons. The fraction of sp³-hybridized carbons (Fsp3) is 0.667. The van der Waals surface area contributed by atoms with Gasteiger partial charge in [-0.1, -0.05) is 0 Å².